The van der Waals surface area contributed by atoms with Gasteiger partial charge in [0.1, 0.15) is 17.0 Å². The van der Waals surface area contributed by atoms with Crippen molar-refractivity contribution in [3.63, 3.8) is 0 Å². The minimum absolute atomic E-state index is 0.0911. The number of hydrogen-bond donors (Lipinski definition) is 0. The maximum atomic E-state index is 13.9. The molecule has 0 bridgehead atoms. The van der Waals surface area contributed by atoms with Crippen molar-refractivity contribution < 1.29 is 13.6 Å². The van der Waals surface area contributed by atoms with Crippen molar-refractivity contribution in [3.8, 4) is 0 Å². The van der Waals surface area contributed by atoms with E-state index in [9.17, 15) is 13.6 Å². The lowest BCUT2D eigenvalue weighted by Crippen LogP contribution is -2.45. The average Bonchev–Trinajstić information content (AvgIpc) is 3.27. The van der Waals surface area contributed by atoms with E-state index < -0.39 is 11.6 Å². The molecule has 27 heavy (non-hydrogen) atoms. The minimum Gasteiger partial charge on any atom is -0.348 e. The van der Waals surface area contributed by atoms with Gasteiger partial charge in [-0.15, -0.1) is 0 Å². The van der Waals surface area contributed by atoms with E-state index >= 15 is 0 Å². The summed E-state index contributed by atoms with van der Waals surface area (Å²) >= 11 is 1.29. The van der Waals surface area contributed by atoms with Crippen LogP contribution in [0.3, 0.4) is 0 Å². The summed E-state index contributed by atoms with van der Waals surface area (Å²) in [5, 5.41) is 4.86. The van der Waals surface area contributed by atoms with Crippen LogP contribution in [0.1, 0.15) is 23.3 Å². The number of carbonyl (C=O) groups is 1. The first-order valence-electron chi connectivity index (χ1n) is 8.69. The van der Waals surface area contributed by atoms with Crippen LogP contribution in [-0.4, -0.2) is 51.8 Å². The smallest absolute Gasteiger partial charge is 0.274 e. The van der Waals surface area contributed by atoms with Gasteiger partial charge in [0.2, 0.25) is 0 Å². The van der Waals surface area contributed by atoms with Crippen LogP contribution in [0.5, 0.6) is 0 Å². The normalized spacial score (nSPS) is 15.5. The first kappa shape index (κ1) is 17.8. The van der Waals surface area contributed by atoms with Crippen molar-refractivity contribution in [2.45, 2.75) is 18.9 Å². The lowest BCUT2D eigenvalue weighted by molar-refractivity contribution is 0.0702. The summed E-state index contributed by atoms with van der Waals surface area (Å²) in [4.78, 5) is 20.7. The number of aryl methyl sites for hydroxylation is 1. The standard InChI is InChI=1S/C18H19F2N5OS/c1-23-6-5-14(22-23)17(26)24(2)12-3-7-25(8-4-12)18-21-16-13(20)9-11(19)10-15(16)27-18/h5-6,9-10,12H,3-4,7-8H2,1-2H3. The summed E-state index contributed by atoms with van der Waals surface area (Å²) in [6.07, 6.45) is 3.31. The zero-order valence-corrected chi connectivity index (χ0v) is 15.8. The van der Waals surface area contributed by atoms with Crippen LogP contribution in [0.2, 0.25) is 0 Å². The summed E-state index contributed by atoms with van der Waals surface area (Å²) in [7, 11) is 3.58. The molecule has 3 aromatic rings. The van der Waals surface area contributed by atoms with Crippen LogP contribution in [0.15, 0.2) is 24.4 Å². The molecule has 2 aromatic heterocycles. The molecule has 1 fully saturated rings. The third-order valence-corrected chi connectivity index (χ3v) is 6.00. The molecule has 3 heterocycles. The molecule has 4 rings (SSSR count). The number of carbonyl (C=O) groups excluding carboxylic acids is 1. The Bertz CT molecular complexity index is 993. The molecule has 0 N–H and O–H groups in total. The molecule has 0 radical (unpaired) electrons. The van der Waals surface area contributed by atoms with Gasteiger partial charge >= 0.3 is 0 Å². The summed E-state index contributed by atoms with van der Waals surface area (Å²) in [6.45, 7) is 1.41. The van der Waals surface area contributed by atoms with Crippen molar-refractivity contribution in [3.05, 3.63) is 41.7 Å². The summed E-state index contributed by atoms with van der Waals surface area (Å²) in [5.74, 6) is -1.32. The Morgan fingerprint density at radius 1 is 1.30 bits per heavy atom. The Labute approximate surface area is 159 Å². The van der Waals surface area contributed by atoms with Gasteiger partial charge < -0.3 is 9.80 Å². The van der Waals surface area contributed by atoms with E-state index in [1.807, 2.05) is 0 Å². The van der Waals surface area contributed by atoms with E-state index in [0.29, 0.717) is 28.6 Å². The molecule has 1 saturated heterocycles. The highest BCUT2D eigenvalue weighted by Gasteiger charge is 2.28. The van der Waals surface area contributed by atoms with E-state index in [1.54, 1.807) is 35.9 Å². The van der Waals surface area contributed by atoms with Gasteiger partial charge in [0, 0.05) is 45.5 Å². The number of thiazole rings is 1. The molecule has 0 spiro atoms. The van der Waals surface area contributed by atoms with Gasteiger partial charge in [-0.1, -0.05) is 11.3 Å². The molecule has 0 saturated carbocycles. The third kappa shape index (κ3) is 3.39. The van der Waals surface area contributed by atoms with Crippen LogP contribution in [0.25, 0.3) is 10.2 Å². The molecule has 142 valence electrons. The quantitative estimate of drug-likeness (QED) is 0.689. The maximum absolute atomic E-state index is 13.9. The van der Waals surface area contributed by atoms with Crippen molar-refractivity contribution in [2.24, 2.45) is 7.05 Å². The van der Waals surface area contributed by atoms with Crippen LogP contribution in [-0.2, 0) is 7.05 Å². The Morgan fingerprint density at radius 2 is 2.04 bits per heavy atom. The highest BCUT2D eigenvalue weighted by molar-refractivity contribution is 7.22. The molecule has 0 aliphatic carbocycles. The van der Waals surface area contributed by atoms with Crippen LogP contribution in [0.4, 0.5) is 13.9 Å². The number of anilines is 1. The molecule has 1 aliphatic heterocycles. The maximum Gasteiger partial charge on any atom is 0.274 e. The number of rotatable bonds is 3. The minimum atomic E-state index is -0.636. The van der Waals surface area contributed by atoms with Crippen molar-refractivity contribution in [1.82, 2.24) is 19.7 Å². The Morgan fingerprint density at radius 3 is 2.70 bits per heavy atom. The number of piperidine rings is 1. The lowest BCUT2D eigenvalue weighted by Gasteiger charge is -2.36. The van der Waals surface area contributed by atoms with Crippen molar-refractivity contribution >= 4 is 32.6 Å². The van der Waals surface area contributed by atoms with Gasteiger partial charge in [-0.25, -0.2) is 13.8 Å². The number of nitrogens with zero attached hydrogens (tertiary/aromatic N) is 5. The monoisotopic (exact) mass is 391 g/mol. The van der Waals surface area contributed by atoms with Crippen molar-refractivity contribution in [1.29, 1.82) is 0 Å². The lowest BCUT2D eigenvalue weighted by atomic mass is 10.0. The highest BCUT2D eigenvalue weighted by Crippen LogP contribution is 2.33. The number of fused-ring (bicyclic) bond motifs is 1. The molecule has 9 heteroatoms. The van der Waals surface area contributed by atoms with Gasteiger partial charge in [-0.2, -0.15) is 5.10 Å². The second-order valence-electron chi connectivity index (χ2n) is 6.74. The van der Waals surface area contributed by atoms with Gasteiger partial charge in [0.15, 0.2) is 10.9 Å². The molecule has 0 unspecified atom stereocenters. The first-order chi connectivity index (χ1) is 12.9. The van der Waals surface area contributed by atoms with Gasteiger partial charge in [-0.3, -0.25) is 9.48 Å². The summed E-state index contributed by atoms with van der Waals surface area (Å²) < 4.78 is 29.4. The molecule has 1 aliphatic rings. The van der Waals surface area contributed by atoms with Gasteiger partial charge in [-0.05, 0) is 25.0 Å². The summed E-state index contributed by atoms with van der Waals surface area (Å²) in [5.41, 5.74) is 0.645. The van der Waals surface area contributed by atoms with E-state index in [1.165, 1.54) is 17.4 Å². The SMILES string of the molecule is CN(C(=O)c1ccn(C)n1)C1CCN(c2nc3c(F)cc(F)cc3s2)CC1. The number of hydrogen-bond acceptors (Lipinski definition) is 5. The zero-order chi connectivity index (χ0) is 19.1. The molecule has 6 nitrogen and oxygen atoms in total. The fraction of sp³-hybridized carbons (Fsp3) is 0.389. The van der Waals surface area contributed by atoms with E-state index in [2.05, 4.69) is 15.0 Å². The molecular weight excluding hydrogens is 372 g/mol. The average molecular weight is 391 g/mol. The largest absolute Gasteiger partial charge is 0.348 e. The van der Waals surface area contributed by atoms with Crippen LogP contribution >= 0.6 is 11.3 Å². The molecule has 1 aromatic carbocycles. The van der Waals surface area contributed by atoms with E-state index in [-0.39, 0.29) is 17.5 Å². The molecular formula is C18H19F2N5OS. The number of halogens is 2. The fourth-order valence-corrected chi connectivity index (χ4v) is 4.46. The second kappa shape index (κ2) is 6.88. The van der Waals surface area contributed by atoms with Crippen LogP contribution in [0, 0.1) is 11.6 Å². The number of benzene rings is 1. The predicted molar refractivity (Wildman–Crippen MR) is 100 cm³/mol. The number of amides is 1. The summed E-state index contributed by atoms with van der Waals surface area (Å²) in [6, 6.07) is 3.99. The van der Waals surface area contributed by atoms with Gasteiger partial charge in [0.25, 0.3) is 5.91 Å². The fourth-order valence-electron chi connectivity index (χ4n) is 3.40. The van der Waals surface area contributed by atoms with Gasteiger partial charge in [0.05, 0.1) is 4.70 Å². The third-order valence-electron chi connectivity index (χ3n) is 4.94. The van der Waals surface area contributed by atoms with E-state index in [4.69, 9.17) is 0 Å². The zero-order valence-electron chi connectivity index (χ0n) is 15.0. The van der Waals surface area contributed by atoms with Crippen LogP contribution < -0.4 is 4.90 Å². The first-order valence-corrected chi connectivity index (χ1v) is 9.51. The van der Waals surface area contributed by atoms with Crippen molar-refractivity contribution in [2.75, 3.05) is 25.0 Å². The number of aromatic nitrogens is 3. The Balaban J connectivity index is 1.44. The Kier molecular flexibility index (Phi) is 4.55. The molecule has 0 atom stereocenters. The highest BCUT2D eigenvalue weighted by atomic mass is 32.1. The second-order valence-corrected chi connectivity index (χ2v) is 7.75. The predicted octanol–water partition coefficient (Wildman–Crippen LogP) is 3.05. The van der Waals surface area contributed by atoms with E-state index in [0.717, 1.165) is 18.9 Å². The topological polar surface area (TPSA) is 54.3 Å². The molecule has 1 amide bonds. The Hall–Kier alpha value is -2.55.